The lowest BCUT2D eigenvalue weighted by atomic mass is 10.6. The Labute approximate surface area is 75.0 Å². The van der Waals surface area contributed by atoms with Gasteiger partial charge in [0.25, 0.3) is 5.97 Å². The van der Waals surface area contributed by atoms with Crippen LogP contribution in [-0.2, 0) is 9.59 Å². The van der Waals surface area contributed by atoms with Crippen molar-refractivity contribution in [2.45, 2.75) is 13.8 Å². The van der Waals surface area contributed by atoms with Crippen molar-refractivity contribution in [2.24, 2.45) is 0 Å². The molecule has 6 heteroatoms. The van der Waals surface area contributed by atoms with Gasteiger partial charge in [0.2, 0.25) is 5.91 Å². The Hall–Kier alpha value is -1.85. The number of hydrogen-bond donors (Lipinski definition) is 3. The predicted octanol–water partition coefficient (Wildman–Crippen LogP) is 0.459. The van der Waals surface area contributed by atoms with Crippen molar-refractivity contribution in [1.82, 2.24) is 10.2 Å². The number of carbonyl (C=O) groups excluding carboxylic acids is 1. The number of aliphatic carboxylic acids is 1. The highest BCUT2D eigenvalue weighted by atomic mass is 16.4. The predicted molar refractivity (Wildman–Crippen MR) is 46.2 cm³/mol. The van der Waals surface area contributed by atoms with Crippen molar-refractivity contribution >= 4 is 17.7 Å². The second kappa shape index (κ2) is 5.76. The van der Waals surface area contributed by atoms with Gasteiger partial charge in [-0.05, 0) is 0 Å². The number of carboxylic acids is 1. The van der Waals surface area contributed by atoms with Crippen LogP contribution in [0.5, 0.6) is 0 Å². The van der Waals surface area contributed by atoms with Crippen molar-refractivity contribution < 1.29 is 14.7 Å². The number of anilines is 1. The van der Waals surface area contributed by atoms with Crippen LogP contribution < -0.4 is 5.32 Å². The maximum Gasteiger partial charge on any atom is 0.300 e. The number of aromatic amines is 1. The summed E-state index contributed by atoms with van der Waals surface area (Å²) >= 11 is 0. The van der Waals surface area contributed by atoms with Crippen molar-refractivity contribution in [3.8, 4) is 0 Å². The average molecular weight is 185 g/mol. The van der Waals surface area contributed by atoms with E-state index >= 15 is 0 Å². The summed E-state index contributed by atoms with van der Waals surface area (Å²) in [4.78, 5) is 19.3. The maximum absolute atomic E-state index is 10.3. The zero-order valence-corrected chi connectivity index (χ0v) is 7.37. The Bertz CT molecular complexity index is 265. The summed E-state index contributed by atoms with van der Waals surface area (Å²) in [7, 11) is 0. The van der Waals surface area contributed by atoms with Gasteiger partial charge >= 0.3 is 0 Å². The molecule has 0 saturated carbocycles. The van der Waals surface area contributed by atoms with Crippen LogP contribution >= 0.6 is 0 Å². The zero-order chi connectivity index (χ0) is 10.3. The summed E-state index contributed by atoms with van der Waals surface area (Å²) < 4.78 is 0. The second-order valence-corrected chi connectivity index (χ2v) is 2.16. The van der Waals surface area contributed by atoms with Gasteiger partial charge in [0.1, 0.15) is 0 Å². The summed E-state index contributed by atoms with van der Waals surface area (Å²) in [6, 6.07) is 1.68. The van der Waals surface area contributed by atoms with E-state index in [0.717, 1.165) is 6.92 Å². The first-order valence-corrected chi connectivity index (χ1v) is 3.49. The first-order valence-electron chi connectivity index (χ1n) is 3.49. The molecule has 0 bridgehead atoms. The lowest BCUT2D eigenvalue weighted by Gasteiger charge is -1.91. The molecule has 0 saturated heterocycles. The molecule has 0 radical (unpaired) electrons. The summed E-state index contributed by atoms with van der Waals surface area (Å²) in [5, 5.41) is 16.2. The van der Waals surface area contributed by atoms with Crippen LogP contribution in [0.1, 0.15) is 13.8 Å². The first kappa shape index (κ1) is 11.2. The number of aromatic nitrogens is 2. The van der Waals surface area contributed by atoms with Gasteiger partial charge in [-0.15, -0.1) is 0 Å². The number of carboxylic acid groups (broad SMARTS) is 1. The van der Waals surface area contributed by atoms with Crippen LogP contribution in [0.15, 0.2) is 12.3 Å². The molecule has 0 aliphatic heterocycles. The maximum atomic E-state index is 10.3. The van der Waals surface area contributed by atoms with E-state index in [2.05, 4.69) is 15.5 Å². The van der Waals surface area contributed by atoms with Crippen LogP contribution in [0.25, 0.3) is 0 Å². The number of hydrogen-bond acceptors (Lipinski definition) is 3. The Morgan fingerprint density at radius 1 is 1.54 bits per heavy atom. The monoisotopic (exact) mass is 185 g/mol. The van der Waals surface area contributed by atoms with Gasteiger partial charge in [-0.3, -0.25) is 14.7 Å². The van der Waals surface area contributed by atoms with Gasteiger partial charge in [-0.2, -0.15) is 5.10 Å². The lowest BCUT2D eigenvalue weighted by Crippen LogP contribution is -2.05. The minimum atomic E-state index is -0.833. The van der Waals surface area contributed by atoms with E-state index in [1.165, 1.54) is 6.92 Å². The third-order valence-electron chi connectivity index (χ3n) is 0.805. The molecule has 1 amide bonds. The Morgan fingerprint density at radius 2 is 2.08 bits per heavy atom. The van der Waals surface area contributed by atoms with Crippen molar-refractivity contribution in [3.05, 3.63) is 12.3 Å². The topological polar surface area (TPSA) is 95.1 Å². The molecule has 0 aromatic carbocycles. The SMILES string of the molecule is CC(=O)Nc1cc[nH]n1.CC(=O)O. The highest BCUT2D eigenvalue weighted by Crippen LogP contribution is 1.96. The molecule has 1 aromatic heterocycles. The second-order valence-electron chi connectivity index (χ2n) is 2.16. The minimum Gasteiger partial charge on any atom is -0.481 e. The van der Waals surface area contributed by atoms with E-state index in [-0.39, 0.29) is 5.91 Å². The van der Waals surface area contributed by atoms with Crippen LogP contribution in [0.4, 0.5) is 5.82 Å². The smallest absolute Gasteiger partial charge is 0.300 e. The van der Waals surface area contributed by atoms with Gasteiger partial charge < -0.3 is 10.4 Å². The first-order chi connectivity index (χ1) is 6.02. The van der Waals surface area contributed by atoms with Crippen molar-refractivity contribution in [3.63, 3.8) is 0 Å². The minimum absolute atomic E-state index is 0.109. The molecule has 0 unspecified atom stereocenters. The number of nitrogens with one attached hydrogen (secondary N) is 2. The molecule has 1 aromatic rings. The molecule has 6 nitrogen and oxygen atoms in total. The molecule has 0 aliphatic rings. The van der Waals surface area contributed by atoms with Gasteiger partial charge in [0.05, 0.1) is 0 Å². The molecule has 0 aliphatic carbocycles. The van der Waals surface area contributed by atoms with Crippen LogP contribution in [0, 0.1) is 0 Å². The quantitative estimate of drug-likeness (QED) is 0.592. The standard InChI is InChI=1S/C5H7N3O.C2H4O2/c1-4(9)7-5-2-3-6-8-5;1-2(3)4/h2-3H,1H3,(H2,6,7,8,9);1H3,(H,3,4). The van der Waals surface area contributed by atoms with E-state index in [1.54, 1.807) is 12.3 Å². The number of nitrogens with zero attached hydrogens (tertiary/aromatic N) is 1. The molecular formula is C7H11N3O3. The van der Waals surface area contributed by atoms with Gasteiger partial charge in [-0.25, -0.2) is 0 Å². The molecule has 13 heavy (non-hydrogen) atoms. The zero-order valence-electron chi connectivity index (χ0n) is 7.37. The fourth-order valence-electron chi connectivity index (χ4n) is 0.510. The van der Waals surface area contributed by atoms with Crippen molar-refractivity contribution in [1.29, 1.82) is 0 Å². The van der Waals surface area contributed by atoms with E-state index in [1.807, 2.05) is 0 Å². The van der Waals surface area contributed by atoms with Crippen LogP contribution in [-0.4, -0.2) is 27.2 Å². The molecular weight excluding hydrogens is 174 g/mol. The molecule has 3 N–H and O–H groups in total. The molecule has 0 atom stereocenters. The summed E-state index contributed by atoms with van der Waals surface area (Å²) in [6.07, 6.45) is 1.64. The third-order valence-corrected chi connectivity index (χ3v) is 0.805. The number of H-pyrrole nitrogens is 1. The summed E-state index contributed by atoms with van der Waals surface area (Å²) in [5.74, 6) is -0.385. The molecule has 0 fully saturated rings. The van der Waals surface area contributed by atoms with Crippen LogP contribution in [0.3, 0.4) is 0 Å². The number of amides is 1. The molecule has 1 rings (SSSR count). The molecule has 0 spiro atoms. The Balaban J connectivity index is 0.000000310. The Morgan fingerprint density at radius 3 is 2.38 bits per heavy atom. The highest BCUT2D eigenvalue weighted by Gasteiger charge is 1.93. The average Bonchev–Trinajstić information content (AvgIpc) is 2.36. The van der Waals surface area contributed by atoms with E-state index < -0.39 is 5.97 Å². The fraction of sp³-hybridized carbons (Fsp3) is 0.286. The van der Waals surface area contributed by atoms with Gasteiger partial charge in [0, 0.05) is 26.1 Å². The van der Waals surface area contributed by atoms with Crippen LogP contribution in [0.2, 0.25) is 0 Å². The third kappa shape index (κ3) is 8.05. The largest absolute Gasteiger partial charge is 0.481 e. The van der Waals surface area contributed by atoms with E-state index in [0.29, 0.717) is 5.82 Å². The fourth-order valence-corrected chi connectivity index (χ4v) is 0.510. The van der Waals surface area contributed by atoms with Gasteiger partial charge in [0.15, 0.2) is 5.82 Å². The number of rotatable bonds is 1. The van der Waals surface area contributed by atoms with E-state index in [4.69, 9.17) is 9.90 Å². The Kier molecular flexibility index (Phi) is 4.94. The highest BCUT2D eigenvalue weighted by molar-refractivity contribution is 5.87. The van der Waals surface area contributed by atoms with Crippen molar-refractivity contribution in [2.75, 3.05) is 5.32 Å². The molecule has 1 heterocycles. The summed E-state index contributed by atoms with van der Waals surface area (Å²) in [5.41, 5.74) is 0. The van der Waals surface area contributed by atoms with E-state index in [9.17, 15) is 4.79 Å². The normalized spacial score (nSPS) is 8.15. The summed E-state index contributed by atoms with van der Waals surface area (Å²) in [6.45, 7) is 2.52. The lowest BCUT2D eigenvalue weighted by molar-refractivity contribution is -0.134. The molecule has 72 valence electrons. The number of carbonyl (C=O) groups is 2. The van der Waals surface area contributed by atoms with Gasteiger partial charge in [-0.1, -0.05) is 0 Å².